The number of fused-ring (bicyclic) bond motifs is 1. The number of morpholine rings is 1. The number of nitrogens with zero attached hydrogens (tertiary/aromatic N) is 3. The van der Waals surface area contributed by atoms with Gasteiger partial charge in [0.05, 0.1) is 35.0 Å². The SMILES string of the molecule is O=C(O)c1ccc(COc2nc3nc(-c4ccc(N5CCOCC5)cc4)c(Cl)cc3[nH]2)cc1. The first-order valence-electron chi connectivity index (χ1n) is 10.5. The number of aromatic carboxylic acids is 1. The molecule has 0 unspecified atom stereocenters. The van der Waals surface area contributed by atoms with Gasteiger partial charge in [0, 0.05) is 24.3 Å². The van der Waals surface area contributed by atoms with Gasteiger partial charge in [-0.2, -0.15) is 4.98 Å². The molecule has 2 aromatic carbocycles. The van der Waals surface area contributed by atoms with Gasteiger partial charge in [-0.15, -0.1) is 0 Å². The highest BCUT2D eigenvalue weighted by Gasteiger charge is 2.14. The number of carbonyl (C=O) groups is 1. The fraction of sp³-hybridized carbons (Fsp3) is 0.208. The monoisotopic (exact) mass is 464 g/mol. The topological polar surface area (TPSA) is 101 Å². The van der Waals surface area contributed by atoms with Crippen LogP contribution in [0.1, 0.15) is 15.9 Å². The van der Waals surface area contributed by atoms with Gasteiger partial charge in [0.25, 0.3) is 6.01 Å². The summed E-state index contributed by atoms with van der Waals surface area (Å²) >= 11 is 6.52. The molecule has 2 aromatic heterocycles. The number of imidazole rings is 1. The van der Waals surface area contributed by atoms with E-state index in [-0.39, 0.29) is 12.2 Å². The highest BCUT2D eigenvalue weighted by molar-refractivity contribution is 6.33. The number of hydrogen-bond acceptors (Lipinski definition) is 6. The zero-order chi connectivity index (χ0) is 22.8. The number of benzene rings is 2. The summed E-state index contributed by atoms with van der Waals surface area (Å²) in [4.78, 5) is 25.4. The lowest BCUT2D eigenvalue weighted by molar-refractivity contribution is 0.0697. The number of carboxylic acids is 1. The van der Waals surface area contributed by atoms with Gasteiger partial charge in [-0.3, -0.25) is 0 Å². The summed E-state index contributed by atoms with van der Waals surface area (Å²) in [5, 5.41) is 9.51. The van der Waals surface area contributed by atoms with Gasteiger partial charge in [0.15, 0.2) is 5.65 Å². The Bertz CT molecular complexity index is 1280. The van der Waals surface area contributed by atoms with Crippen LogP contribution in [0, 0.1) is 0 Å². The molecule has 9 heteroatoms. The molecule has 0 radical (unpaired) electrons. The van der Waals surface area contributed by atoms with E-state index in [0.717, 1.165) is 43.1 Å². The van der Waals surface area contributed by atoms with Crippen molar-refractivity contribution in [2.24, 2.45) is 0 Å². The molecule has 4 aromatic rings. The normalized spacial score (nSPS) is 13.9. The lowest BCUT2D eigenvalue weighted by atomic mass is 10.1. The van der Waals surface area contributed by atoms with Crippen LogP contribution in [-0.2, 0) is 11.3 Å². The maximum Gasteiger partial charge on any atom is 0.335 e. The second-order valence-corrected chi connectivity index (χ2v) is 8.08. The third kappa shape index (κ3) is 4.62. The largest absolute Gasteiger partial charge is 0.478 e. The van der Waals surface area contributed by atoms with Gasteiger partial charge in [-0.25, -0.2) is 9.78 Å². The van der Waals surface area contributed by atoms with Crippen LogP contribution < -0.4 is 9.64 Å². The quantitative estimate of drug-likeness (QED) is 0.436. The van der Waals surface area contributed by atoms with Crippen molar-refractivity contribution in [2.45, 2.75) is 6.61 Å². The van der Waals surface area contributed by atoms with Crippen LogP contribution in [0.4, 0.5) is 5.69 Å². The van der Waals surface area contributed by atoms with E-state index in [1.807, 2.05) is 12.1 Å². The summed E-state index contributed by atoms with van der Waals surface area (Å²) in [6.07, 6.45) is 0. The first kappa shape index (κ1) is 21.2. The van der Waals surface area contributed by atoms with Crippen LogP contribution in [0.15, 0.2) is 54.6 Å². The molecule has 0 atom stereocenters. The molecular formula is C24H21ClN4O4. The van der Waals surface area contributed by atoms with Crippen molar-refractivity contribution in [1.29, 1.82) is 0 Å². The highest BCUT2D eigenvalue weighted by Crippen LogP contribution is 2.31. The van der Waals surface area contributed by atoms with Gasteiger partial charge >= 0.3 is 5.97 Å². The maximum absolute atomic E-state index is 11.0. The number of nitrogens with one attached hydrogen (secondary N) is 1. The molecule has 5 rings (SSSR count). The predicted molar refractivity (Wildman–Crippen MR) is 125 cm³/mol. The number of aromatic amines is 1. The van der Waals surface area contributed by atoms with Gasteiger partial charge in [-0.1, -0.05) is 35.9 Å². The summed E-state index contributed by atoms with van der Waals surface area (Å²) in [6, 6.07) is 16.8. The van der Waals surface area contributed by atoms with Crippen molar-refractivity contribution in [3.63, 3.8) is 0 Å². The highest BCUT2D eigenvalue weighted by atomic mass is 35.5. The first-order valence-corrected chi connectivity index (χ1v) is 10.9. The Morgan fingerprint density at radius 3 is 2.52 bits per heavy atom. The maximum atomic E-state index is 11.0. The Labute approximate surface area is 194 Å². The Morgan fingerprint density at radius 2 is 1.82 bits per heavy atom. The summed E-state index contributed by atoms with van der Waals surface area (Å²) < 4.78 is 11.2. The summed E-state index contributed by atoms with van der Waals surface area (Å²) in [7, 11) is 0. The molecule has 8 nitrogen and oxygen atoms in total. The minimum atomic E-state index is -0.964. The molecule has 2 N–H and O–H groups in total. The van der Waals surface area contributed by atoms with Crippen LogP contribution >= 0.6 is 11.6 Å². The number of hydrogen-bond donors (Lipinski definition) is 2. The molecule has 1 aliphatic heterocycles. The Balaban J connectivity index is 1.33. The molecule has 3 heterocycles. The fourth-order valence-corrected chi connectivity index (χ4v) is 3.97. The van der Waals surface area contributed by atoms with Gasteiger partial charge in [0.1, 0.15) is 6.61 Å². The molecule has 0 spiro atoms. The van der Waals surface area contributed by atoms with Crippen LogP contribution in [0.2, 0.25) is 5.02 Å². The molecule has 0 saturated carbocycles. The standard InChI is InChI=1S/C24H21ClN4O4/c25-19-13-20-22(28-24(26-20)33-14-15-1-3-17(4-2-15)23(30)31)27-21(19)16-5-7-18(8-6-16)29-9-11-32-12-10-29/h1-8,13H,9-12,14H2,(H,30,31)(H,26,27,28). The smallest absolute Gasteiger partial charge is 0.335 e. The zero-order valence-corrected chi connectivity index (χ0v) is 18.4. The van der Waals surface area contributed by atoms with E-state index in [1.165, 1.54) is 12.1 Å². The minimum absolute atomic E-state index is 0.229. The summed E-state index contributed by atoms with van der Waals surface area (Å²) in [5.41, 5.74) is 4.93. The van der Waals surface area contributed by atoms with Crippen molar-refractivity contribution in [1.82, 2.24) is 15.0 Å². The number of carboxylic acid groups (broad SMARTS) is 1. The zero-order valence-electron chi connectivity index (χ0n) is 17.6. The van der Waals surface area contributed by atoms with Crippen LogP contribution in [0.3, 0.4) is 0 Å². The van der Waals surface area contributed by atoms with E-state index in [1.54, 1.807) is 18.2 Å². The first-order chi connectivity index (χ1) is 16.1. The molecule has 1 saturated heterocycles. The minimum Gasteiger partial charge on any atom is -0.478 e. The summed E-state index contributed by atoms with van der Waals surface area (Å²) in [6.45, 7) is 3.48. The van der Waals surface area contributed by atoms with E-state index in [4.69, 9.17) is 26.2 Å². The van der Waals surface area contributed by atoms with Crippen molar-refractivity contribution in [3.8, 4) is 17.3 Å². The second kappa shape index (κ2) is 9.09. The number of halogens is 1. The third-order valence-electron chi connectivity index (χ3n) is 5.50. The van der Waals surface area contributed by atoms with Crippen LogP contribution in [-0.4, -0.2) is 52.3 Å². The average Bonchev–Trinajstić information content (AvgIpc) is 3.25. The van der Waals surface area contributed by atoms with E-state index in [9.17, 15) is 4.79 Å². The van der Waals surface area contributed by atoms with E-state index >= 15 is 0 Å². The van der Waals surface area contributed by atoms with E-state index in [0.29, 0.717) is 27.9 Å². The number of rotatable bonds is 6. The van der Waals surface area contributed by atoms with Crippen LogP contribution in [0.25, 0.3) is 22.4 Å². The fourth-order valence-electron chi connectivity index (χ4n) is 3.71. The van der Waals surface area contributed by atoms with Crippen molar-refractivity contribution in [3.05, 3.63) is 70.7 Å². The van der Waals surface area contributed by atoms with Gasteiger partial charge in [-0.05, 0) is 35.9 Å². The van der Waals surface area contributed by atoms with E-state index < -0.39 is 5.97 Å². The number of pyridine rings is 1. The number of ether oxygens (including phenoxy) is 2. The number of aromatic nitrogens is 3. The van der Waals surface area contributed by atoms with Crippen molar-refractivity contribution >= 4 is 34.4 Å². The predicted octanol–water partition coefficient (Wildman–Crippen LogP) is 4.39. The lowest BCUT2D eigenvalue weighted by Crippen LogP contribution is -2.36. The Morgan fingerprint density at radius 1 is 1.09 bits per heavy atom. The molecular weight excluding hydrogens is 444 g/mol. The third-order valence-corrected chi connectivity index (χ3v) is 5.79. The second-order valence-electron chi connectivity index (χ2n) is 7.67. The Kier molecular flexibility index (Phi) is 5.85. The molecule has 1 fully saturated rings. The van der Waals surface area contributed by atoms with Crippen LogP contribution in [0.5, 0.6) is 6.01 Å². The van der Waals surface area contributed by atoms with E-state index in [2.05, 4.69) is 32.0 Å². The molecule has 1 aliphatic rings. The molecule has 0 bridgehead atoms. The number of H-pyrrole nitrogens is 1. The number of anilines is 1. The van der Waals surface area contributed by atoms with Gasteiger partial charge < -0.3 is 24.5 Å². The average molecular weight is 465 g/mol. The van der Waals surface area contributed by atoms with Gasteiger partial charge in [0.2, 0.25) is 0 Å². The van der Waals surface area contributed by atoms with Crippen molar-refractivity contribution in [2.75, 3.05) is 31.2 Å². The lowest BCUT2D eigenvalue weighted by Gasteiger charge is -2.28. The summed E-state index contributed by atoms with van der Waals surface area (Å²) in [5.74, 6) is -0.964. The molecule has 0 amide bonds. The Hall–Kier alpha value is -3.62. The van der Waals surface area contributed by atoms with Crippen molar-refractivity contribution < 1.29 is 19.4 Å². The molecule has 168 valence electrons. The molecule has 0 aliphatic carbocycles. The molecule has 33 heavy (non-hydrogen) atoms.